The molecule has 0 unspecified atom stereocenters. The van der Waals surface area contributed by atoms with E-state index in [2.05, 4.69) is 9.97 Å². The summed E-state index contributed by atoms with van der Waals surface area (Å²) in [5, 5.41) is 0.980. The minimum Gasteiger partial charge on any atom is -0.353 e. The van der Waals surface area contributed by atoms with Crippen molar-refractivity contribution in [2.24, 2.45) is 5.41 Å². The van der Waals surface area contributed by atoms with Gasteiger partial charge in [0, 0.05) is 28.3 Å². The Morgan fingerprint density at radius 2 is 1.84 bits per heavy atom. The molecule has 7 heteroatoms. The Balaban J connectivity index is 0.00000182. The summed E-state index contributed by atoms with van der Waals surface area (Å²) in [6.45, 7) is 3.75. The van der Waals surface area contributed by atoms with Crippen molar-refractivity contribution in [2.45, 2.75) is 32.9 Å². The fourth-order valence-electron chi connectivity index (χ4n) is 3.64. The molecule has 0 saturated carbocycles. The number of fused-ring (bicyclic) bond motifs is 5. The van der Waals surface area contributed by atoms with Gasteiger partial charge in [-0.1, -0.05) is 32.0 Å². The number of halogens is 4. The highest BCUT2D eigenvalue weighted by Gasteiger charge is 2.41. The van der Waals surface area contributed by atoms with Gasteiger partial charge in [0.25, 0.3) is 0 Å². The average Bonchev–Trinajstić information content (AvgIpc) is 2.82. The van der Waals surface area contributed by atoms with Gasteiger partial charge in [-0.3, -0.25) is 4.79 Å². The van der Waals surface area contributed by atoms with E-state index in [1.54, 1.807) is 24.3 Å². The molecular formula is C18H16ClF3N2O. The lowest BCUT2D eigenvalue weighted by Gasteiger charge is -2.30. The third-order valence-electron chi connectivity index (χ3n) is 4.56. The number of rotatable bonds is 0. The number of pyridine rings is 1. The number of alkyl halides is 3. The van der Waals surface area contributed by atoms with Crippen LogP contribution in [-0.4, -0.2) is 15.8 Å². The molecule has 3 nitrogen and oxygen atoms in total. The number of benzene rings is 1. The molecule has 0 saturated heterocycles. The lowest BCUT2D eigenvalue weighted by atomic mass is 9.74. The van der Waals surface area contributed by atoms with Crippen molar-refractivity contribution < 1.29 is 18.0 Å². The molecule has 25 heavy (non-hydrogen) atoms. The van der Waals surface area contributed by atoms with Crippen molar-refractivity contribution >= 4 is 40.0 Å². The summed E-state index contributed by atoms with van der Waals surface area (Å²) >= 11 is 0. The molecule has 2 aromatic heterocycles. The zero-order valence-corrected chi connectivity index (χ0v) is 14.4. The molecule has 1 aromatic carbocycles. The summed E-state index contributed by atoms with van der Waals surface area (Å²) in [5.41, 5.74) is -0.269. The third-order valence-corrected chi connectivity index (χ3v) is 4.56. The summed E-state index contributed by atoms with van der Waals surface area (Å²) in [5.74, 6) is -0.141. The number of nitrogens with zero attached hydrogens (tertiary/aromatic N) is 1. The molecule has 0 amide bonds. The van der Waals surface area contributed by atoms with Crippen molar-refractivity contribution in [3.8, 4) is 0 Å². The number of H-pyrrole nitrogens is 1. The largest absolute Gasteiger partial charge is 0.435 e. The summed E-state index contributed by atoms with van der Waals surface area (Å²) < 4.78 is 40.6. The predicted molar refractivity (Wildman–Crippen MR) is 92.3 cm³/mol. The monoisotopic (exact) mass is 368 g/mol. The molecule has 0 radical (unpaired) electrons. The Morgan fingerprint density at radius 3 is 2.52 bits per heavy atom. The van der Waals surface area contributed by atoms with E-state index in [-0.39, 0.29) is 34.8 Å². The molecule has 132 valence electrons. The van der Waals surface area contributed by atoms with Crippen LogP contribution in [-0.2, 0) is 12.6 Å². The van der Waals surface area contributed by atoms with Gasteiger partial charge in [-0.2, -0.15) is 13.2 Å². The van der Waals surface area contributed by atoms with Gasteiger partial charge in [0.15, 0.2) is 11.5 Å². The minimum absolute atomic E-state index is 0. The van der Waals surface area contributed by atoms with Crippen molar-refractivity contribution in [2.75, 3.05) is 0 Å². The molecule has 0 fully saturated rings. The highest BCUT2D eigenvalue weighted by atomic mass is 35.5. The Hall–Kier alpha value is -2.08. The topological polar surface area (TPSA) is 45.8 Å². The first-order valence-corrected chi connectivity index (χ1v) is 7.71. The number of hydrogen-bond donors (Lipinski definition) is 1. The highest BCUT2D eigenvalue weighted by Crippen LogP contribution is 2.43. The number of carbonyl (C=O) groups is 1. The molecule has 1 aliphatic carbocycles. The lowest BCUT2D eigenvalue weighted by molar-refractivity contribution is -0.140. The summed E-state index contributed by atoms with van der Waals surface area (Å²) in [7, 11) is 0. The maximum atomic E-state index is 13.5. The van der Waals surface area contributed by atoms with Crippen molar-refractivity contribution in [1.82, 2.24) is 9.97 Å². The number of Topliss-reactive ketones (excluding diaryl/α,β-unsaturated/α-hetero) is 1. The first-order valence-electron chi connectivity index (χ1n) is 7.71. The molecule has 2 heterocycles. The molecule has 0 aliphatic heterocycles. The van der Waals surface area contributed by atoms with Gasteiger partial charge >= 0.3 is 6.18 Å². The van der Waals surface area contributed by atoms with E-state index >= 15 is 0 Å². The van der Waals surface area contributed by atoms with Gasteiger partial charge in [-0.25, -0.2) is 4.98 Å². The SMILES string of the molecule is CC1(C)CC(=O)c2c(nc(C(F)(F)F)c3[nH]c4ccccc4c23)C1.Cl. The Morgan fingerprint density at radius 1 is 1.16 bits per heavy atom. The Bertz CT molecular complexity index is 1000. The zero-order chi connectivity index (χ0) is 17.3. The minimum atomic E-state index is -4.58. The van der Waals surface area contributed by atoms with Crippen LogP contribution in [0.5, 0.6) is 0 Å². The van der Waals surface area contributed by atoms with Crippen molar-refractivity contribution in [1.29, 1.82) is 0 Å². The van der Waals surface area contributed by atoms with Crippen LogP contribution in [0.25, 0.3) is 21.8 Å². The van der Waals surface area contributed by atoms with Crippen LogP contribution in [0.4, 0.5) is 13.2 Å². The van der Waals surface area contributed by atoms with E-state index < -0.39 is 11.9 Å². The first kappa shape index (κ1) is 17.7. The number of aromatic nitrogens is 2. The highest BCUT2D eigenvalue weighted by molar-refractivity contribution is 6.19. The molecule has 3 aromatic rings. The number of para-hydroxylation sites is 1. The molecule has 4 rings (SSSR count). The van der Waals surface area contributed by atoms with Crippen molar-refractivity contribution in [3.05, 3.63) is 41.2 Å². The van der Waals surface area contributed by atoms with Crippen LogP contribution in [0.1, 0.15) is 42.0 Å². The van der Waals surface area contributed by atoms with Gasteiger partial charge in [0.05, 0.1) is 11.2 Å². The van der Waals surface area contributed by atoms with Crippen LogP contribution in [0.2, 0.25) is 0 Å². The molecule has 0 spiro atoms. The molecule has 1 aliphatic rings. The number of hydrogen-bond acceptors (Lipinski definition) is 2. The fourth-order valence-corrected chi connectivity index (χ4v) is 3.64. The fraction of sp³-hybridized carbons (Fsp3) is 0.333. The maximum absolute atomic E-state index is 13.5. The normalized spacial score (nSPS) is 16.8. The quantitative estimate of drug-likeness (QED) is 0.584. The lowest BCUT2D eigenvalue weighted by Crippen LogP contribution is -2.29. The maximum Gasteiger partial charge on any atom is 0.435 e. The standard InChI is InChI=1S/C18H15F3N2O.ClH/c1-17(2)7-11-14(12(24)8-17)13-9-5-3-4-6-10(9)22-15(13)16(23-11)18(19,20)21;/h3-6,22H,7-8H2,1-2H3;1H. The van der Waals surface area contributed by atoms with Crippen molar-refractivity contribution in [3.63, 3.8) is 0 Å². The third kappa shape index (κ3) is 2.68. The smallest absolute Gasteiger partial charge is 0.353 e. The van der Waals surface area contributed by atoms with Gasteiger partial charge < -0.3 is 4.98 Å². The number of ketones is 1. The van der Waals surface area contributed by atoms with Crippen LogP contribution in [0.15, 0.2) is 24.3 Å². The second-order valence-electron chi connectivity index (χ2n) is 7.14. The van der Waals surface area contributed by atoms with Gasteiger partial charge in [0.2, 0.25) is 0 Å². The van der Waals surface area contributed by atoms with Gasteiger partial charge in [-0.15, -0.1) is 12.4 Å². The molecule has 1 N–H and O–H groups in total. The Kier molecular flexibility index (Phi) is 3.87. The second-order valence-corrected chi connectivity index (χ2v) is 7.14. The van der Waals surface area contributed by atoms with Gasteiger partial charge in [-0.05, 0) is 17.9 Å². The number of carbonyl (C=O) groups excluding carboxylic acids is 1. The zero-order valence-electron chi connectivity index (χ0n) is 13.6. The van der Waals surface area contributed by atoms with Gasteiger partial charge in [0.1, 0.15) is 0 Å². The Labute approximate surface area is 148 Å². The van der Waals surface area contributed by atoms with E-state index in [0.29, 0.717) is 34.7 Å². The number of nitrogens with one attached hydrogen (secondary N) is 1. The van der Waals surface area contributed by atoms with E-state index in [1.165, 1.54) is 0 Å². The van der Waals surface area contributed by atoms with E-state index in [9.17, 15) is 18.0 Å². The van der Waals surface area contributed by atoms with Crippen LogP contribution in [0, 0.1) is 5.41 Å². The molecular weight excluding hydrogens is 353 g/mol. The first-order chi connectivity index (χ1) is 11.2. The molecule has 0 bridgehead atoms. The average molecular weight is 369 g/mol. The van der Waals surface area contributed by atoms with E-state index in [4.69, 9.17) is 0 Å². The van der Waals surface area contributed by atoms with E-state index in [1.807, 2.05) is 13.8 Å². The molecule has 0 atom stereocenters. The summed E-state index contributed by atoms with van der Waals surface area (Å²) in [6, 6.07) is 6.95. The van der Waals surface area contributed by atoms with Crippen LogP contribution >= 0.6 is 12.4 Å². The summed E-state index contributed by atoms with van der Waals surface area (Å²) in [4.78, 5) is 19.4. The predicted octanol–water partition coefficient (Wildman–Crippen LogP) is 5.31. The van der Waals surface area contributed by atoms with Crippen LogP contribution in [0.3, 0.4) is 0 Å². The van der Waals surface area contributed by atoms with E-state index in [0.717, 1.165) is 0 Å². The summed E-state index contributed by atoms with van der Waals surface area (Å²) in [6.07, 6.45) is -3.92. The number of aromatic amines is 1. The van der Waals surface area contributed by atoms with Crippen LogP contribution < -0.4 is 0 Å². The second kappa shape index (κ2) is 5.46.